The molecule has 21 heavy (non-hydrogen) atoms. The van der Waals surface area contributed by atoms with Gasteiger partial charge in [0.25, 0.3) is 0 Å². The number of carbonyl (C=O) groups excluding carboxylic acids is 1. The first-order valence-corrected chi connectivity index (χ1v) is 7.88. The van der Waals surface area contributed by atoms with Crippen molar-refractivity contribution >= 4 is 11.3 Å². The molecule has 1 aliphatic carbocycles. The first-order chi connectivity index (χ1) is 10.3. The van der Waals surface area contributed by atoms with E-state index < -0.39 is 0 Å². The average Bonchev–Trinajstić information content (AvgIpc) is 3.14. The fraction of sp³-hybridized carbons (Fsp3) is 0.529. The largest absolute Gasteiger partial charge is 0.375 e. The van der Waals surface area contributed by atoms with E-state index >= 15 is 0 Å². The minimum Gasteiger partial charge on any atom is -0.375 e. The van der Waals surface area contributed by atoms with Crippen LogP contribution in [0.25, 0.3) is 5.52 Å². The number of hydrogen-bond acceptors (Lipinski definition) is 3. The molecule has 1 aliphatic heterocycles. The van der Waals surface area contributed by atoms with Crippen LogP contribution in [-0.2, 0) is 4.74 Å². The maximum Gasteiger partial charge on any atom is 0.169 e. The summed E-state index contributed by atoms with van der Waals surface area (Å²) in [6, 6.07) is 5.84. The first-order valence-electron chi connectivity index (χ1n) is 7.88. The van der Waals surface area contributed by atoms with Crippen molar-refractivity contribution in [1.82, 2.24) is 9.61 Å². The van der Waals surface area contributed by atoms with Crippen LogP contribution in [0, 0.1) is 5.92 Å². The third-order valence-electron chi connectivity index (χ3n) is 5.07. The standard InChI is InChI=1S/C17H20N2O2/c20-16(14-12-18-19-9-4-1-5-15(14)19)13-6-10-21-17(11-13)7-2-3-8-17/h1,4-5,9,12-13H,2-3,6-8,10-11H2. The summed E-state index contributed by atoms with van der Waals surface area (Å²) in [5.41, 5.74) is 1.66. The Morgan fingerprint density at radius 1 is 1.33 bits per heavy atom. The highest BCUT2D eigenvalue weighted by atomic mass is 16.5. The molecule has 1 saturated heterocycles. The maximum absolute atomic E-state index is 12.9. The van der Waals surface area contributed by atoms with Crippen molar-refractivity contribution in [3.63, 3.8) is 0 Å². The van der Waals surface area contributed by atoms with Gasteiger partial charge < -0.3 is 4.74 Å². The highest BCUT2D eigenvalue weighted by molar-refractivity contribution is 6.03. The summed E-state index contributed by atoms with van der Waals surface area (Å²) in [5.74, 6) is 0.329. The van der Waals surface area contributed by atoms with Gasteiger partial charge in [-0.15, -0.1) is 0 Å². The normalized spacial score (nSPS) is 24.7. The van der Waals surface area contributed by atoms with Crippen molar-refractivity contribution in [3.8, 4) is 0 Å². The molecule has 0 amide bonds. The second kappa shape index (κ2) is 4.95. The fourth-order valence-corrected chi connectivity index (χ4v) is 3.96. The van der Waals surface area contributed by atoms with Crippen LogP contribution in [0.15, 0.2) is 30.6 Å². The number of pyridine rings is 1. The van der Waals surface area contributed by atoms with Crippen molar-refractivity contribution in [2.24, 2.45) is 5.92 Å². The number of aromatic nitrogens is 2. The molecular formula is C17H20N2O2. The molecule has 1 saturated carbocycles. The third-order valence-corrected chi connectivity index (χ3v) is 5.07. The van der Waals surface area contributed by atoms with Crippen molar-refractivity contribution in [3.05, 3.63) is 36.2 Å². The quantitative estimate of drug-likeness (QED) is 0.795. The molecule has 0 N–H and O–H groups in total. The molecule has 2 aromatic heterocycles. The molecule has 4 heteroatoms. The van der Waals surface area contributed by atoms with E-state index in [1.54, 1.807) is 10.7 Å². The molecule has 4 nitrogen and oxygen atoms in total. The maximum atomic E-state index is 12.9. The first kappa shape index (κ1) is 13.0. The third kappa shape index (κ3) is 2.18. The van der Waals surface area contributed by atoms with E-state index in [1.165, 1.54) is 12.8 Å². The highest BCUT2D eigenvalue weighted by Crippen LogP contribution is 2.42. The zero-order chi connectivity index (χ0) is 14.3. The lowest BCUT2D eigenvalue weighted by Gasteiger charge is -2.37. The molecule has 0 aromatic carbocycles. The molecule has 3 heterocycles. The van der Waals surface area contributed by atoms with Crippen molar-refractivity contribution in [1.29, 1.82) is 0 Å². The molecule has 1 unspecified atom stereocenters. The summed E-state index contributed by atoms with van der Waals surface area (Å²) < 4.78 is 7.81. The molecule has 110 valence electrons. The Hall–Kier alpha value is -1.68. The highest BCUT2D eigenvalue weighted by Gasteiger charge is 2.42. The average molecular weight is 284 g/mol. The number of carbonyl (C=O) groups is 1. The number of ether oxygens (including phenoxy) is 1. The number of nitrogens with zero attached hydrogens (tertiary/aromatic N) is 2. The predicted molar refractivity (Wildman–Crippen MR) is 79.4 cm³/mol. The molecular weight excluding hydrogens is 264 g/mol. The topological polar surface area (TPSA) is 43.6 Å². The van der Waals surface area contributed by atoms with E-state index in [0.717, 1.165) is 43.4 Å². The smallest absolute Gasteiger partial charge is 0.169 e. The summed E-state index contributed by atoms with van der Waals surface area (Å²) in [6.45, 7) is 0.718. The van der Waals surface area contributed by atoms with Crippen LogP contribution in [-0.4, -0.2) is 27.6 Å². The summed E-state index contributed by atoms with van der Waals surface area (Å²) >= 11 is 0. The molecule has 0 radical (unpaired) electrons. The van der Waals surface area contributed by atoms with E-state index in [0.29, 0.717) is 0 Å². The van der Waals surface area contributed by atoms with E-state index in [9.17, 15) is 4.79 Å². The van der Waals surface area contributed by atoms with Gasteiger partial charge in [-0.3, -0.25) is 4.79 Å². The van der Waals surface area contributed by atoms with Gasteiger partial charge >= 0.3 is 0 Å². The monoisotopic (exact) mass is 284 g/mol. The Bertz CT molecular complexity index is 670. The van der Waals surface area contributed by atoms with Gasteiger partial charge in [0.1, 0.15) is 0 Å². The minimum atomic E-state index is -0.0124. The second-order valence-electron chi connectivity index (χ2n) is 6.38. The van der Waals surface area contributed by atoms with Gasteiger partial charge in [0.05, 0.1) is 22.9 Å². The molecule has 2 aliphatic rings. The van der Waals surface area contributed by atoms with E-state index in [-0.39, 0.29) is 17.3 Å². The zero-order valence-corrected chi connectivity index (χ0v) is 12.1. The van der Waals surface area contributed by atoms with Gasteiger partial charge in [-0.05, 0) is 37.8 Å². The Kier molecular flexibility index (Phi) is 3.07. The van der Waals surface area contributed by atoms with E-state index in [1.807, 2.05) is 24.4 Å². The van der Waals surface area contributed by atoms with Crippen LogP contribution >= 0.6 is 0 Å². The van der Waals surface area contributed by atoms with Gasteiger partial charge in [-0.2, -0.15) is 5.10 Å². The van der Waals surface area contributed by atoms with E-state index in [2.05, 4.69) is 5.10 Å². The number of hydrogen-bond donors (Lipinski definition) is 0. The lowest BCUT2D eigenvalue weighted by atomic mass is 9.81. The van der Waals surface area contributed by atoms with Gasteiger partial charge in [0.15, 0.2) is 5.78 Å². The fourth-order valence-electron chi connectivity index (χ4n) is 3.96. The van der Waals surface area contributed by atoms with Crippen LogP contribution < -0.4 is 0 Å². The molecule has 1 spiro atoms. The lowest BCUT2D eigenvalue weighted by Crippen LogP contribution is -2.39. The summed E-state index contributed by atoms with van der Waals surface area (Å²) in [4.78, 5) is 12.9. The second-order valence-corrected chi connectivity index (χ2v) is 6.38. The van der Waals surface area contributed by atoms with Crippen LogP contribution in [0.1, 0.15) is 48.9 Å². The SMILES string of the molecule is O=C(c1cnn2ccccc12)C1CCOC2(CCCC2)C1. The number of ketones is 1. The van der Waals surface area contributed by atoms with Crippen molar-refractivity contribution in [2.75, 3.05) is 6.61 Å². The number of rotatable bonds is 2. The Balaban J connectivity index is 1.62. The minimum absolute atomic E-state index is 0.0124. The molecule has 2 aromatic rings. The molecule has 4 rings (SSSR count). The Labute approximate surface area is 124 Å². The lowest BCUT2D eigenvalue weighted by molar-refractivity contribution is -0.0866. The van der Waals surface area contributed by atoms with Gasteiger partial charge in [-0.25, -0.2) is 4.52 Å². The summed E-state index contributed by atoms with van der Waals surface area (Å²) in [7, 11) is 0. The van der Waals surface area contributed by atoms with Crippen LogP contribution in [0.5, 0.6) is 0 Å². The number of fused-ring (bicyclic) bond motifs is 1. The van der Waals surface area contributed by atoms with Gasteiger partial charge in [0.2, 0.25) is 0 Å². The molecule has 0 bridgehead atoms. The summed E-state index contributed by atoms with van der Waals surface area (Å²) in [6.07, 6.45) is 10.0. The van der Waals surface area contributed by atoms with Gasteiger partial charge in [-0.1, -0.05) is 18.9 Å². The summed E-state index contributed by atoms with van der Waals surface area (Å²) in [5, 5.41) is 4.29. The van der Waals surface area contributed by atoms with Crippen LogP contribution in [0.2, 0.25) is 0 Å². The molecule has 2 fully saturated rings. The molecule has 1 atom stereocenters. The van der Waals surface area contributed by atoms with E-state index in [4.69, 9.17) is 4.74 Å². The van der Waals surface area contributed by atoms with Crippen molar-refractivity contribution in [2.45, 2.75) is 44.1 Å². The van der Waals surface area contributed by atoms with Crippen molar-refractivity contribution < 1.29 is 9.53 Å². The zero-order valence-electron chi connectivity index (χ0n) is 12.1. The van der Waals surface area contributed by atoms with Crippen LogP contribution in [0.3, 0.4) is 0 Å². The Morgan fingerprint density at radius 2 is 2.19 bits per heavy atom. The van der Waals surface area contributed by atoms with Crippen LogP contribution in [0.4, 0.5) is 0 Å². The Morgan fingerprint density at radius 3 is 3.05 bits per heavy atom. The predicted octanol–water partition coefficient (Wildman–Crippen LogP) is 3.26. The van der Waals surface area contributed by atoms with Gasteiger partial charge in [0, 0.05) is 18.7 Å². The number of Topliss-reactive ketones (excluding diaryl/α,β-unsaturated/α-hetero) is 1.